The van der Waals surface area contributed by atoms with E-state index in [-0.39, 0.29) is 6.10 Å². The molecule has 100 valence electrons. The number of rotatable bonds is 4. The molecule has 1 saturated heterocycles. The Bertz CT molecular complexity index is 355. The lowest BCUT2D eigenvalue weighted by Gasteiger charge is -2.35. The quantitative estimate of drug-likeness (QED) is 0.880. The number of hydrogen-bond acceptors (Lipinski definition) is 3. The summed E-state index contributed by atoms with van der Waals surface area (Å²) in [7, 11) is 4.24. The van der Waals surface area contributed by atoms with E-state index in [9.17, 15) is 0 Å². The maximum Gasteiger partial charge on any atom is 0.0896 e. The lowest BCUT2D eigenvalue weighted by Crippen LogP contribution is -2.45. The maximum atomic E-state index is 5.91. The lowest BCUT2D eigenvalue weighted by atomic mass is 9.98. The van der Waals surface area contributed by atoms with Crippen molar-refractivity contribution in [2.24, 2.45) is 0 Å². The Balaban J connectivity index is 2.17. The summed E-state index contributed by atoms with van der Waals surface area (Å²) < 4.78 is 5.91. The molecule has 3 heteroatoms. The molecule has 1 heterocycles. The van der Waals surface area contributed by atoms with Gasteiger partial charge < -0.3 is 15.0 Å². The Morgan fingerprint density at radius 3 is 2.56 bits per heavy atom. The van der Waals surface area contributed by atoms with Crippen molar-refractivity contribution in [1.29, 1.82) is 0 Å². The number of nitrogens with one attached hydrogen (secondary N) is 1. The standard InChI is InChI=1S/C15H24N2O/c1-4-12-5-7-13(8-6-12)15(17(2)3)14-11-16-9-10-18-14/h5-8,14-16H,4,9-11H2,1-3H3. The molecule has 0 aliphatic carbocycles. The highest BCUT2D eigenvalue weighted by molar-refractivity contribution is 5.26. The molecule has 0 aromatic heterocycles. The van der Waals surface area contributed by atoms with Crippen molar-refractivity contribution >= 4 is 0 Å². The fourth-order valence-corrected chi connectivity index (χ4v) is 2.58. The summed E-state index contributed by atoms with van der Waals surface area (Å²) >= 11 is 0. The highest BCUT2D eigenvalue weighted by Gasteiger charge is 2.27. The third-order valence-electron chi connectivity index (χ3n) is 3.59. The SMILES string of the molecule is CCc1ccc(C(C2CNCCO2)N(C)C)cc1. The average molecular weight is 248 g/mol. The first-order valence-electron chi connectivity index (χ1n) is 6.80. The number of aryl methyl sites for hydroxylation is 1. The molecule has 1 aromatic carbocycles. The molecule has 3 nitrogen and oxygen atoms in total. The van der Waals surface area contributed by atoms with Crippen LogP contribution in [-0.2, 0) is 11.2 Å². The van der Waals surface area contributed by atoms with Crippen LogP contribution in [0.15, 0.2) is 24.3 Å². The zero-order valence-electron chi connectivity index (χ0n) is 11.6. The predicted octanol–water partition coefficient (Wildman–Crippen LogP) is 1.84. The molecule has 2 rings (SSSR count). The molecule has 18 heavy (non-hydrogen) atoms. The first-order chi connectivity index (χ1) is 8.72. The van der Waals surface area contributed by atoms with E-state index in [1.807, 2.05) is 0 Å². The summed E-state index contributed by atoms with van der Waals surface area (Å²) in [6.45, 7) is 4.89. The molecule has 2 unspecified atom stereocenters. The van der Waals surface area contributed by atoms with Gasteiger partial charge in [-0.25, -0.2) is 0 Å². The van der Waals surface area contributed by atoms with E-state index < -0.39 is 0 Å². The van der Waals surface area contributed by atoms with E-state index in [0.29, 0.717) is 6.04 Å². The Morgan fingerprint density at radius 1 is 1.33 bits per heavy atom. The fraction of sp³-hybridized carbons (Fsp3) is 0.600. The van der Waals surface area contributed by atoms with Crippen LogP contribution in [0.2, 0.25) is 0 Å². The number of hydrogen-bond donors (Lipinski definition) is 1. The Labute approximate surface area is 110 Å². The smallest absolute Gasteiger partial charge is 0.0896 e. The Morgan fingerprint density at radius 2 is 2.06 bits per heavy atom. The second-order valence-corrected chi connectivity index (χ2v) is 5.12. The number of nitrogens with zero attached hydrogens (tertiary/aromatic N) is 1. The first kappa shape index (κ1) is 13.5. The van der Waals surface area contributed by atoms with E-state index in [1.54, 1.807) is 0 Å². The van der Waals surface area contributed by atoms with Crippen LogP contribution in [0.1, 0.15) is 24.1 Å². The van der Waals surface area contributed by atoms with E-state index >= 15 is 0 Å². The minimum absolute atomic E-state index is 0.237. The van der Waals surface area contributed by atoms with Gasteiger partial charge in [-0.2, -0.15) is 0 Å². The molecule has 0 bridgehead atoms. The van der Waals surface area contributed by atoms with Gasteiger partial charge in [-0.1, -0.05) is 31.2 Å². The van der Waals surface area contributed by atoms with E-state index in [0.717, 1.165) is 26.1 Å². The first-order valence-corrected chi connectivity index (χ1v) is 6.80. The van der Waals surface area contributed by atoms with Crippen molar-refractivity contribution in [3.05, 3.63) is 35.4 Å². The van der Waals surface area contributed by atoms with Crippen LogP contribution in [0.4, 0.5) is 0 Å². The van der Waals surface area contributed by atoms with Crippen LogP contribution in [0, 0.1) is 0 Å². The van der Waals surface area contributed by atoms with Crippen molar-refractivity contribution < 1.29 is 4.74 Å². The monoisotopic (exact) mass is 248 g/mol. The van der Waals surface area contributed by atoms with Gasteiger partial charge in [-0.15, -0.1) is 0 Å². The zero-order valence-corrected chi connectivity index (χ0v) is 11.6. The average Bonchev–Trinajstić information content (AvgIpc) is 2.40. The van der Waals surface area contributed by atoms with Gasteiger partial charge in [0.25, 0.3) is 0 Å². The number of morpholine rings is 1. The summed E-state index contributed by atoms with van der Waals surface area (Å²) in [6.07, 6.45) is 1.33. The van der Waals surface area contributed by atoms with Crippen molar-refractivity contribution in [3.63, 3.8) is 0 Å². The van der Waals surface area contributed by atoms with E-state index in [2.05, 4.69) is 55.5 Å². The van der Waals surface area contributed by atoms with Crippen LogP contribution in [-0.4, -0.2) is 44.8 Å². The van der Waals surface area contributed by atoms with Gasteiger partial charge in [-0.05, 0) is 31.6 Å². The molecule has 1 N–H and O–H groups in total. The molecular weight excluding hydrogens is 224 g/mol. The van der Waals surface area contributed by atoms with Gasteiger partial charge in [-0.3, -0.25) is 0 Å². The largest absolute Gasteiger partial charge is 0.374 e. The second-order valence-electron chi connectivity index (χ2n) is 5.12. The predicted molar refractivity (Wildman–Crippen MR) is 74.9 cm³/mol. The molecule has 1 fully saturated rings. The minimum Gasteiger partial charge on any atom is -0.374 e. The molecule has 0 saturated carbocycles. The van der Waals surface area contributed by atoms with Crippen LogP contribution >= 0.6 is 0 Å². The van der Waals surface area contributed by atoms with Gasteiger partial charge in [0.2, 0.25) is 0 Å². The van der Waals surface area contributed by atoms with Crippen molar-refractivity contribution in [3.8, 4) is 0 Å². The van der Waals surface area contributed by atoms with Gasteiger partial charge >= 0.3 is 0 Å². The lowest BCUT2D eigenvalue weighted by molar-refractivity contribution is -0.0211. The highest BCUT2D eigenvalue weighted by atomic mass is 16.5. The Kier molecular flexibility index (Phi) is 4.75. The van der Waals surface area contributed by atoms with E-state index in [4.69, 9.17) is 4.74 Å². The van der Waals surface area contributed by atoms with Crippen LogP contribution < -0.4 is 5.32 Å². The summed E-state index contributed by atoms with van der Waals surface area (Å²) in [5, 5.41) is 3.41. The van der Waals surface area contributed by atoms with Crippen molar-refractivity contribution in [2.45, 2.75) is 25.5 Å². The third kappa shape index (κ3) is 3.10. The summed E-state index contributed by atoms with van der Waals surface area (Å²) in [6, 6.07) is 9.25. The Hall–Kier alpha value is -0.900. The number of likely N-dealkylation sites (N-methyl/N-ethyl adjacent to an activating group) is 1. The molecular formula is C15H24N2O. The molecule has 1 aromatic rings. The third-order valence-corrected chi connectivity index (χ3v) is 3.59. The number of ether oxygens (including phenoxy) is 1. The zero-order chi connectivity index (χ0) is 13.0. The van der Waals surface area contributed by atoms with Gasteiger partial charge in [0.05, 0.1) is 18.8 Å². The minimum atomic E-state index is 0.237. The van der Waals surface area contributed by atoms with E-state index in [1.165, 1.54) is 11.1 Å². The van der Waals surface area contributed by atoms with Crippen LogP contribution in [0.3, 0.4) is 0 Å². The maximum absolute atomic E-state index is 5.91. The van der Waals surface area contributed by atoms with Gasteiger partial charge in [0.1, 0.15) is 0 Å². The van der Waals surface area contributed by atoms with Crippen molar-refractivity contribution in [2.75, 3.05) is 33.8 Å². The van der Waals surface area contributed by atoms with Gasteiger partial charge in [0.15, 0.2) is 0 Å². The topological polar surface area (TPSA) is 24.5 Å². The fourth-order valence-electron chi connectivity index (χ4n) is 2.58. The second kappa shape index (κ2) is 6.32. The van der Waals surface area contributed by atoms with Crippen LogP contribution in [0.5, 0.6) is 0 Å². The summed E-state index contributed by atoms with van der Waals surface area (Å²) in [4.78, 5) is 2.25. The molecule has 0 spiro atoms. The summed E-state index contributed by atoms with van der Waals surface area (Å²) in [5.74, 6) is 0. The highest BCUT2D eigenvalue weighted by Crippen LogP contribution is 2.25. The molecule has 0 radical (unpaired) electrons. The van der Waals surface area contributed by atoms with Gasteiger partial charge in [0, 0.05) is 13.1 Å². The normalized spacial score (nSPS) is 22.1. The van der Waals surface area contributed by atoms with Crippen LogP contribution in [0.25, 0.3) is 0 Å². The van der Waals surface area contributed by atoms with Crippen molar-refractivity contribution in [1.82, 2.24) is 10.2 Å². The molecule has 1 aliphatic rings. The number of benzene rings is 1. The summed E-state index contributed by atoms with van der Waals surface area (Å²) in [5.41, 5.74) is 2.73. The molecule has 0 amide bonds. The molecule has 1 aliphatic heterocycles. The molecule has 2 atom stereocenters.